The van der Waals surface area contributed by atoms with Gasteiger partial charge in [-0.25, -0.2) is 0 Å². The molecule has 1 aliphatic rings. The maximum absolute atomic E-state index is 6.29. The van der Waals surface area contributed by atoms with E-state index in [1.54, 1.807) is 7.11 Å². The van der Waals surface area contributed by atoms with Crippen LogP contribution in [0.4, 0.5) is 0 Å². The molecule has 19 heavy (non-hydrogen) atoms. The molecule has 0 amide bonds. The van der Waals surface area contributed by atoms with Crippen molar-refractivity contribution in [2.45, 2.75) is 20.3 Å². The summed E-state index contributed by atoms with van der Waals surface area (Å²) < 4.78 is 5.48. The van der Waals surface area contributed by atoms with Crippen LogP contribution in [0.1, 0.15) is 16.7 Å². The van der Waals surface area contributed by atoms with Gasteiger partial charge in [-0.3, -0.25) is 0 Å². The van der Waals surface area contributed by atoms with Gasteiger partial charge in [0.15, 0.2) is 0 Å². The van der Waals surface area contributed by atoms with Gasteiger partial charge in [0.05, 0.1) is 7.11 Å². The van der Waals surface area contributed by atoms with Crippen LogP contribution in [0.5, 0.6) is 5.75 Å². The van der Waals surface area contributed by atoms with Gasteiger partial charge in [0, 0.05) is 43.3 Å². The quantitative estimate of drug-likeness (QED) is 0.918. The first-order valence-corrected chi connectivity index (χ1v) is 7.27. The number of hydrogen-bond acceptors (Lipinski definition) is 3. The smallest absolute Gasteiger partial charge is 0.126 e. The predicted octanol–water partition coefficient (Wildman–Crippen LogP) is 2.41. The third kappa shape index (κ3) is 3.41. The second kappa shape index (κ2) is 6.60. The number of halogens is 1. The number of ether oxygens (including phenoxy) is 1. The molecule has 1 saturated heterocycles. The molecule has 1 N–H and O–H groups in total. The van der Waals surface area contributed by atoms with E-state index in [2.05, 4.69) is 23.2 Å². The number of rotatable bonds is 4. The Balaban J connectivity index is 2.09. The van der Waals surface area contributed by atoms with Crippen LogP contribution in [0.2, 0.25) is 5.02 Å². The van der Waals surface area contributed by atoms with Gasteiger partial charge >= 0.3 is 0 Å². The van der Waals surface area contributed by atoms with Crippen LogP contribution in [0, 0.1) is 13.8 Å². The molecule has 0 unspecified atom stereocenters. The third-order valence-electron chi connectivity index (χ3n) is 3.93. The molecule has 3 nitrogen and oxygen atoms in total. The maximum atomic E-state index is 6.29. The summed E-state index contributed by atoms with van der Waals surface area (Å²) in [4.78, 5) is 2.50. The average molecular weight is 283 g/mol. The molecule has 1 heterocycles. The highest BCUT2D eigenvalue weighted by Crippen LogP contribution is 2.32. The monoisotopic (exact) mass is 282 g/mol. The second-order valence-corrected chi connectivity index (χ2v) is 5.55. The molecule has 1 fully saturated rings. The van der Waals surface area contributed by atoms with Crippen molar-refractivity contribution in [2.24, 2.45) is 0 Å². The van der Waals surface area contributed by atoms with Crippen molar-refractivity contribution in [3.05, 3.63) is 27.8 Å². The number of benzene rings is 1. The van der Waals surface area contributed by atoms with Crippen LogP contribution < -0.4 is 10.1 Å². The SMILES string of the molecule is COc1c(C)c(Cl)cc(CCN2CCNCC2)c1C. The fraction of sp³-hybridized carbons (Fsp3) is 0.600. The Kier molecular flexibility index (Phi) is 5.08. The van der Waals surface area contributed by atoms with Crippen LogP contribution >= 0.6 is 11.6 Å². The van der Waals surface area contributed by atoms with Crippen molar-refractivity contribution >= 4 is 11.6 Å². The van der Waals surface area contributed by atoms with E-state index in [9.17, 15) is 0 Å². The van der Waals surface area contributed by atoms with Gasteiger partial charge in [0.2, 0.25) is 0 Å². The molecular weight excluding hydrogens is 260 g/mol. The second-order valence-electron chi connectivity index (χ2n) is 5.14. The Morgan fingerprint density at radius 3 is 2.58 bits per heavy atom. The average Bonchev–Trinajstić information content (AvgIpc) is 2.43. The minimum atomic E-state index is 0.803. The molecule has 0 bridgehead atoms. The van der Waals surface area contributed by atoms with Gasteiger partial charge in [-0.15, -0.1) is 0 Å². The standard InChI is InChI=1S/C15H23ClN2O/c1-11-13(4-7-18-8-5-17-6-9-18)10-14(16)12(2)15(11)19-3/h10,17H,4-9H2,1-3H3. The first-order chi connectivity index (χ1) is 9.13. The topological polar surface area (TPSA) is 24.5 Å². The van der Waals surface area contributed by atoms with Crippen LogP contribution in [0.15, 0.2) is 6.07 Å². The first-order valence-electron chi connectivity index (χ1n) is 6.89. The van der Waals surface area contributed by atoms with Crippen molar-refractivity contribution in [1.29, 1.82) is 0 Å². The van der Waals surface area contributed by atoms with Gasteiger partial charge in [-0.05, 0) is 37.5 Å². The molecule has 0 aromatic heterocycles. The molecule has 0 aliphatic carbocycles. The molecule has 1 aliphatic heterocycles. The maximum Gasteiger partial charge on any atom is 0.126 e. The summed E-state index contributed by atoms with van der Waals surface area (Å²) in [7, 11) is 1.71. The van der Waals surface area contributed by atoms with Crippen molar-refractivity contribution in [2.75, 3.05) is 39.8 Å². The molecule has 106 valence electrons. The molecule has 4 heteroatoms. The van der Waals surface area contributed by atoms with E-state index in [1.165, 1.54) is 11.1 Å². The number of methoxy groups -OCH3 is 1. The van der Waals surface area contributed by atoms with E-state index >= 15 is 0 Å². The highest BCUT2D eigenvalue weighted by molar-refractivity contribution is 6.31. The minimum absolute atomic E-state index is 0.803. The van der Waals surface area contributed by atoms with E-state index < -0.39 is 0 Å². The van der Waals surface area contributed by atoms with E-state index in [0.29, 0.717) is 0 Å². The van der Waals surface area contributed by atoms with Crippen LogP contribution in [0.3, 0.4) is 0 Å². The zero-order valence-electron chi connectivity index (χ0n) is 12.1. The lowest BCUT2D eigenvalue weighted by atomic mass is 10.0. The van der Waals surface area contributed by atoms with Crippen molar-refractivity contribution in [1.82, 2.24) is 10.2 Å². The van der Waals surface area contributed by atoms with E-state index in [1.807, 2.05) is 6.92 Å². The van der Waals surface area contributed by atoms with Crippen molar-refractivity contribution in [3.63, 3.8) is 0 Å². The van der Waals surface area contributed by atoms with Gasteiger partial charge in [-0.1, -0.05) is 11.6 Å². The summed E-state index contributed by atoms with van der Waals surface area (Å²) in [6.45, 7) is 9.67. The lowest BCUT2D eigenvalue weighted by Crippen LogP contribution is -2.44. The summed E-state index contributed by atoms with van der Waals surface area (Å²) in [6, 6.07) is 2.09. The lowest BCUT2D eigenvalue weighted by molar-refractivity contribution is 0.243. The molecule has 0 atom stereocenters. The fourth-order valence-corrected chi connectivity index (χ4v) is 2.90. The molecule has 1 aromatic carbocycles. The van der Waals surface area contributed by atoms with Crippen LogP contribution in [-0.2, 0) is 6.42 Å². The number of hydrogen-bond donors (Lipinski definition) is 1. The normalized spacial score (nSPS) is 16.6. The lowest BCUT2D eigenvalue weighted by Gasteiger charge is -2.27. The number of nitrogens with one attached hydrogen (secondary N) is 1. The van der Waals surface area contributed by atoms with Crippen molar-refractivity contribution in [3.8, 4) is 5.75 Å². The van der Waals surface area contributed by atoms with Crippen LogP contribution in [-0.4, -0.2) is 44.7 Å². The Bertz CT molecular complexity index is 442. The molecule has 0 saturated carbocycles. The summed E-state index contributed by atoms with van der Waals surface area (Å²) in [5.74, 6) is 0.933. The number of piperazine rings is 1. The first kappa shape index (κ1) is 14.6. The Morgan fingerprint density at radius 1 is 1.26 bits per heavy atom. The van der Waals surface area contributed by atoms with Gasteiger partial charge in [0.25, 0.3) is 0 Å². The summed E-state index contributed by atoms with van der Waals surface area (Å²) in [5, 5.41) is 4.18. The highest BCUT2D eigenvalue weighted by Gasteiger charge is 2.14. The fourth-order valence-electron chi connectivity index (χ4n) is 2.68. The zero-order valence-corrected chi connectivity index (χ0v) is 12.8. The van der Waals surface area contributed by atoms with Crippen LogP contribution in [0.25, 0.3) is 0 Å². The summed E-state index contributed by atoms with van der Waals surface area (Å²) in [5.41, 5.74) is 3.55. The van der Waals surface area contributed by atoms with E-state index in [-0.39, 0.29) is 0 Å². The van der Waals surface area contributed by atoms with E-state index in [0.717, 1.165) is 55.5 Å². The van der Waals surface area contributed by atoms with Gasteiger partial charge in [-0.2, -0.15) is 0 Å². The Labute approximate surface area is 120 Å². The molecule has 0 radical (unpaired) electrons. The highest BCUT2D eigenvalue weighted by atomic mass is 35.5. The third-order valence-corrected chi connectivity index (χ3v) is 4.33. The predicted molar refractivity (Wildman–Crippen MR) is 80.5 cm³/mol. The molecule has 0 spiro atoms. The summed E-state index contributed by atoms with van der Waals surface area (Å²) >= 11 is 6.29. The Morgan fingerprint density at radius 2 is 1.95 bits per heavy atom. The molecule has 2 rings (SSSR count). The van der Waals surface area contributed by atoms with E-state index in [4.69, 9.17) is 16.3 Å². The van der Waals surface area contributed by atoms with Crippen molar-refractivity contribution < 1.29 is 4.74 Å². The van der Waals surface area contributed by atoms with Gasteiger partial charge < -0.3 is 15.0 Å². The largest absolute Gasteiger partial charge is 0.496 e. The Hall–Kier alpha value is -0.770. The summed E-state index contributed by atoms with van der Waals surface area (Å²) in [6.07, 6.45) is 1.03. The molecular formula is C15H23ClN2O. The molecule has 1 aromatic rings. The zero-order chi connectivity index (χ0) is 13.8. The minimum Gasteiger partial charge on any atom is -0.496 e. The number of nitrogens with zero attached hydrogens (tertiary/aromatic N) is 1. The van der Waals surface area contributed by atoms with Gasteiger partial charge in [0.1, 0.15) is 5.75 Å².